The molecule has 1 aromatic carbocycles. The highest BCUT2D eigenvalue weighted by Gasteiger charge is 2.22. The van der Waals surface area contributed by atoms with Crippen molar-refractivity contribution in [1.29, 1.82) is 0 Å². The van der Waals surface area contributed by atoms with Gasteiger partial charge < -0.3 is 5.11 Å². The topological polar surface area (TPSA) is 37.3 Å². The summed E-state index contributed by atoms with van der Waals surface area (Å²) in [5.74, 6) is -0.216. The highest BCUT2D eigenvalue weighted by molar-refractivity contribution is 5.66. The number of fused-ring (bicyclic) bond motifs is 1. The van der Waals surface area contributed by atoms with Crippen LogP contribution in [0.4, 0.5) is 0 Å². The maximum Gasteiger partial charge on any atom is 0.303 e. The quantitative estimate of drug-likeness (QED) is 0.822. The fourth-order valence-corrected chi connectivity index (χ4v) is 2.40. The van der Waals surface area contributed by atoms with E-state index < -0.39 is 5.97 Å². The Morgan fingerprint density at radius 3 is 3.07 bits per heavy atom. The van der Waals surface area contributed by atoms with Gasteiger partial charge in [-0.25, -0.2) is 0 Å². The van der Waals surface area contributed by atoms with Crippen LogP contribution in [0.3, 0.4) is 0 Å². The zero-order valence-electron chi connectivity index (χ0n) is 8.99. The first-order chi connectivity index (χ1) is 7.16. The maximum absolute atomic E-state index is 10.5. The lowest BCUT2D eigenvalue weighted by atomic mass is 9.95. The molecule has 0 saturated carbocycles. The van der Waals surface area contributed by atoms with Gasteiger partial charge in [0.25, 0.3) is 0 Å². The number of benzene rings is 1. The van der Waals surface area contributed by atoms with Crippen LogP contribution >= 0.6 is 0 Å². The summed E-state index contributed by atoms with van der Waals surface area (Å²) < 4.78 is 0. The molecule has 1 N–H and O–H groups in total. The van der Waals surface area contributed by atoms with Crippen LogP contribution in [0.15, 0.2) is 18.2 Å². The molecule has 0 aliphatic heterocycles. The highest BCUT2D eigenvalue weighted by Crippen LogP contribution is 2.36. The van der Waals surface area contributed by atoms with Crippen molar-refractivity contribution in [2.45, 2.75) is 38.5 Å². The number of rotatable bonds is 3. The van der Waals surface area contributed by atoms with Crippen LogP contribution in [0.5, 0.6) is 0 Å². The van der Waals surface area contributed by atoms with Gasteiger partial charge in [-0.3, -0.25) is 4.79 Å². The van der Waals surface area contributed by atoms with Gasteiger partial charge in [0.2, 0.25) is 0 Å². The zero-order chi connectivity index (χ0) is 10.8. The average Bonchev–Trinajstić information content (AvgIpc) is 2.57. The second-order valence-corrected chi connectivity index (χ2v) is 4.37. The Balaban J connectivity index is 2.13. The molecule has 0 saturated heterocycles. The number of hydrogen-bond acceptors (Lipinski definition) is 1. The molecule has 15 heavy (non-hydrogen) atoms. The molecule has 1 unspecified atom stereocenters. The number of carboxylic acid groups (broad SMARTS) is 1. The smallest absolute Gasteiger partial charge is 0.303 e. The number of aliphatic carboxylic acids is 1. The number of hydrogen-bond donors (Lipinski definition) is 1. The van der Waals surface area contributed by atoms with Crippen molar-refractivity contribution in [2.24, 2.45) is 0 Å². The second-order valence-electron chi connectivity index (χ2n) is 4.37. The SMILES string of the molecule is Cc1ccc2c(c1)C(CCC(=O)O)CC2. The molecule has 80 valence electrons. The van der Waals surface area contributed by atoms with Gasteiger partial charge in [-0.1, -0.05) is 23.8 Å². The molecular weight excluding hydrogens is 188 g/mol. The Labute approximate surface area is 89.9 Å². The summed E-state index contributed by atoms with van der Waals surface area (Å²) in [4.78, 5) is 10.5. The van der Waals surface area contributed by atoms with Crippen LogP contribution in [-0.2, 0) is 11.2 Å². The molecule has 1 aliphatic rings. The Kier molecular flexibility index (Phi) is 2.76. The van der Waals surface area contributed by atoms with Gasteiger partial charge in [0.15, 0.2) is 0 Å². The van der Waals surface area contributed by atoms with E-state index in [1.165, 1.54) is 16.7 Å². The Morgan fingerprint density at radius 1 is 1.53 bits per heavy atom. The van der Waals surface area contributed by atoms with Crippen LogP contribution in [0.1, 0.15) is 41.9 Å². The summed E-state index contributed by atoms with van der Waals surface area (Å²) in [6, 6.07) is 6.54. The summed E-state index contributed by atoms with van der Waals surface area (Å²) in [6.45, 7) is 2.09. The monoisotopic (exact) mass is 204 g/mol. The second kappa shape index (κ2) is 4.05. The zero-order valence-corrected chi connectivity index (χ0v) is 8.99. The largest absolute Gasteiger partial charge is 0.481 e. The van der Waals surface area contributed by atoms with Gasteiger partial charge in [0, 0.05) is 6.42 Å². The summed E-state index contributed by atoms with van der Waals surface area (Å²) in [5, 5.41) is 8.68. The van der Waals surface area contributed by atoms with Crippen LogP contribution in [-0.4, -0.2) is 11.1 Å². The van der Waals surface area contributed by atoms with Crippen LogP contribution in [0.25, 0.3) is 0 Å². The summed E-state index contributed by atoms with van der Waals surface area (Å²) >= 11 is 0. The predicted molar refractivity (Wildman–Crippen MR) is 59.1 cm³/mol. The lowest BCUT2D eigenvalue weighted by Gasteiger charge is -2.10. The fraction of sp³-hybridized carbons (Fsp3) is 0.462. The molecule has 0 amide bonds. The minimum absolute atomic E-state index is 0.290. The molecule has 0 fully saturated rings. The van der Waals surface area contributed by atoms with Gasteiger partial charge in [0.05, 0.1) is 0 Å². The molecule has 0 bridgehead atoms. The van der Waals surface area contributed by atoms with Gasteiger partial charge >= 0.3 is 5.97 Å². The van der Waals surface area contributed by atoms with Crippen molar-refractivity contribution in [3.8, 4) is 0 Å². The van der Waals surface area contributed by atoms with Crippen LogP contribution in [0.2, 0.25) is 0 Å². The lowest BCUT2D eigenvalue weighted by molar-refractivity contribution is -0.137. The van der Waals surface area contributed by atoms with E-state index in [1.807, 2.05) is 0 Å². The van der Waals surface area contributed by atoms with E-state index in [0.717, 1.165) is 19.3 Å². The Bertz CT molecular complexity index is 382. The molecule has 0 aromatic heterocycles. The Morgan fingerprint density at radius 2 is 2.33 bits per heavy atom. The van der Waals surface area contributed by atoms with E-state index in [-0.39, 0.29) is 6.42 Å². The molecule has 0 radical (unpaired) electrons. The summed E-state index contributed by atoms with van der Waals surface area (Å²) in [7, 11) is 0. The molecule has 0 spiro atoms. The van der Waals surface area contributed by atoms with Crippen LogP contribution < -0.4 is 0 Å². The average molecular weight is 204 g/mol. The number of aryl methyl sites for hydroxylation is 2. The van der Waals surface area contributed by atoms with Crippen molar-refractivity contribution < 1.29 is 9.90 Å². The minimum atomic E-state index is -0.684. The number of carboxylic acids is 1. The third-order valence-electron chi connectivity index (χ3n) is 3.21. The first kappa shape index (κ1) is 10.2. The minimum Gasteiger partial charge on any atom is -0.481 e. The van der Waals surface area contributed by atoms with Crippen LogP contribution in [0, 0.1) is 6.92 Å². The fourth-order valence-electron chi connectivity index (χ4n) is 2.40. The van der Waals surface area contributed by atoms with Gasteiger partial charge in [-0.05, 0) is 43.2 Å². The van der Waals surface area contributed by atoms with E-state index >= 15 is 0 Å². The normalized spacial score (nSPS) is 18.9. The van der Waals surface area contributed by atoms with Gasteiger partial charge in [-0.2, -0.15) is 0 Å². The van der Waals surface area contributed by atoms with E-state index in [1.54, 1.807) is 0 Å². The van der Waals surface area contributed by atoms with Crippen molar-refractivity contribution in [2.75, 3.05) is 0 Å². The van der Waals surface area contributed by atoms with E-state index in [9.17, 15) is 4.79 Å². The van der Waals surface area contributed by atoms with Crippen molar-refractivity contribution in [3.63, 3.8) is 0 Å². The predicted octanol–water partition coefficient (Wildman–Crippen LogP) is 2.89. The van der Waals surface area contributed by atoms with Crippen molar-refractivity contribution >= 4 is 5.97 Å². The van der Waals surface area contributed by atoms with E-state index in [2.05, 4.69) is 25.1 Å². The van der Waals surface area contributed by atoms with Crippen molar-refractivity contribution in [3.05, 3.63) is 34.9 Å². The van der Waals surface area contributed by atoms with Crippen molar-refractivity contribution in [1.82, 2.24) is 0 Å². The van der Waals surface area contributed by atoms with Gasteiger partial charge in [-0.15, -0.1) is 0 Å². The first-order valence-electron chi connectivity index (χ1n) is 5.48. The first-order valence-corrected chi connectivity index (χ1v) is 5.48. The summed E-state index contributed by atoms with van der Waals surface area (Å²) in [5.41, 5.74) is 4.07. The maximum atomic E-state index is 10.5. The van der Waals surface area contributed by atoms with E-state index in [4.69, 9.17) is 5.11 Å². The summed E-state index contributed by atoms with van der Waals surface area (Å²) in [6.07, 6.45) is 3.30. The third kappa shape index (κ3) is 2.20. The lowest BCUT2D eigenvalue weighted by Crippen LogP contribution is -2.00. The number of carbonyl (C=O) groups is 1. The molecule has 2 nitrogen and oxygen atoms in total. The third-order valence-corrected chi connectivity index (χ3v) is 3.21. The molecule has 2 heteroatoms. The molecular formula is C13H16O2. The standard InChI is InChI=1S/C13H16O2/c1-9-2-3-10-4-5-11(12(10)8-9)6-7-13(14)15/h2-3,8,11H,4-7H2,1H3,(H,14,15). The van der Waals surface area contributed by atoms with E-state index in [0.29, 0.717) is 5.92 Å². The molecule has 1 aromatic rings. The molecule has 0 heterocycles. The molecule has 2 rings (SSSR count). The molecule has 1 atom stereocenters. The Hall–Kier alpha value is -1.31. The highest BCUT2D eigenvalue weighted by atomic mass is 16.4. The molecule has 1 aliphatic carbocycles. The van der Waals surface area contributed by atoms with Gasteiger partial charge in [0.1, 0.15) is 0 Å².